The highest BCUT2D eigenvalue weighted by Crippen LogP contribution is 2.23. The SMILES string of the molecule is CN=C(NCc1ccnc(OC2CCCC2)c1)N1CCC(OCCCOC)CC1. The standard InChI is InChI=1S/C22H36N4O3/c1-23-22(26-12-9-19(10-13-26)28-15-5-14-27-2)25-17-18-8-11-24-21(16-18)29-20-6-3-4-7-20/h8,11,16,19-20H,3-7,9-10,12-15,17H2,1-2H3,(H,23,25). The van der Waals surface area contributed by atoms with Gasteiger partial charge in [-0.1, -0.05) is 0 Å². The van der Waals surface area contributed by atoms with Crippen molar-refractivity contribution in [1.29, 1.82) is 0 Å². The molecule has 0 unspecified atom stereocenters. The highest BCUT2D eigenvalue weighted by atomic mass is 16.5. The van der Waals surface area contributed by atoms with Crippen molar-refractivity contribution in [1.82, 2.24) is 15.2 Å². The van der Waals surface area contributed by atoms with Crippen molar-refractivity contribution in [3.05, 3.63) is 23.9 Å². The van der Waals surface area contributed by atoms with Gasteiger partial charge in [0.15, 0.2) is 5.96 Å². The van der Waals surface area contributed by atoms with Crippen molar-refractivity contribution in [2.24, 2.45) is 4.99 Å². The molecule has 29 heavy (non-hydrogen) atoms. The number of hydrogen-bond acceptors (Lipinski definition) is 5. The van der Waals surface area contributed by atoms with Crippen LogP contribution in [-0.2, 0) is 16.0 Å². The molecule has 0 radical (unpaired) electrons. The third kappa shape index (κ3) is 7.16. The van der Waals surface area contributed by atoms with Crippen LogP contribution in [-0.4, -0.2) is 68.5 Å². The maximum absolute atomic E-state index is 6.02. The number of hydrogen-bond donors (Lipinski definition) is 1. The van der Waals surface area contributed by atoms with Crippen molar-refractivity contribution in [2.45, 2.75) is 63.7 Å². The first-order chi connectivity index (χ1) is 14.3. The Bertz CT molecular complexity index is 626. The Balaban J connectivity index is 1.41. The smallest absolute Gasteiger partial charge is 0.213 e. The predicted octanol–water partition coefficient (Wildman–Crippen LogP) is 3.00. The molecule has 1 aliphatic heterocycles. The van der Waals surface area contributed by atoms with E-state index in [4.69, 9.17) is 14.2 Å². The lowest BCUT2D eigenvalue weighted by molar-refractivity contribution is 0.00989. The van der Waals surface area contributed by atoms with E-state index in [0.717, 1.165) is 75.8 Å². The fourth-order valence-electron chi connectivity index (χ4n) is 4.00. The molecule has 3 rings (SSSR count). The molecule has 0 atom stereocenters. The Hall–Kier alpha value is -1.86. The van der Waals surface area contributed by atoms with Gasteiger partial charge in [0, 0.05) is 59.3 Å². The lowest BCUT2D eigenvalue weighted by Crippen LogP contribution is -2.46. The van der Waals surface area contributed by atoms with E-state index >= 15 is 0 Å². The number of methoxy groups -OCH3 is 1. The Kier molecular flexibility index (Phi) is 9.02. The molecule has 1 aromatic rings. The number of pyridine rings is 1. The van der Waals surface area contributed by atoms with Gasteiger partial charge in [0.1, 0.15) is 6.10 Å². The average molecular weight is 405 g/mol. The van der Waals surface area contributed by atoms with Gasteiger partial charge >= 0.3 is 0 Å². The Morgan fingerprint density at radius 1 is 1.17 bits per heavy atom. The topological polar surface area (TPSA) is 68.2 Å². The zero-order valence-electron chi connectivity index (χ0n) is 17.9. The number of rotatable bonds is 9. The van der Waals surface area contributed by atoms with E-state index in [1.807, 2.05) is 25.4 Å². The van der Waals surface area contributed by atoms with Gasteiger partial charge in [-0.05, 0) is 56.6 Å². The van der Waals surface area contributed by atoms with E-state index < -0.39 is 0 Å². The van der Waals surface area contributed by atoms with Gasteiger partial charge in [0.2, 0.25) is 5.88 Å². The van der Waals surface area contributed by atoms with E-state index in [9.17, 15) is 0 Å². The summed E-state index contributed by atoms with van der Waals surface area (Å²) in [7, 11) is 3.57. The van der Waals surface area contributed by atoms with Gasteiger partial charge in [-0.25, -0.2) is 4.98 Å². The zero-order valence-corrected chi connectivity index (χ0v) is 17.9. The number of ether oxygens (including phenoxy) is 3. The second-order valence-corrected chi connectivity index (χ2v) is 7.83. The third-order valence-corrected chi connectivity index (χ3v) is 5.64. The molecular formula is C22H36N4O3. The van der Waals surface area contributed by atoms with E-state index in [1.165, 1.54) is 12.8 Å². The van der Waals surface area contributed by atoms with Gasteiger partial charge in [-0.15, -0.1) is 0 Å². The van der Waals surface area contributed by atoms with Crippen LogP contribution in [0, 0.1) is 0 Å². The summed E-state index contributed by atoms with van der Waals surface area (Å²) >= 11 is 0. The molecule has 1 aromatic heterocycles. The summed E-state index contributed by atoms with van der Waals surface area (Å²) in [5.41, 5.74) is 1.16. The molecule has 0 aromatic carbocycles. The Labute approximate surface area is 174 Å². The normalized spacial score (nSPS) is 19.0. The predicted molar refractivity (Wildman–Crippen MR) is 114 cm³/mol. The number of aromatic nitrogens is 1. The van der Waals surface area contributed by atoms with Crippen LogP contribution in [0.4, 0.5) is 0 Å². The largest absolute Gasteiger partial charge is 0.474 e. The molecule has 0 bridgehead atoms. The van der Waals surface area contributed by atoms with E-state index in [-0.39, 0.29) is 0 Å². The first-order valence-corrected chi connectivity index (χ1v) is 11.0. The molecule has 7 heteroatoms. The Morgan fingerprint density at radius 2 is 1.97 bits per heavy atom. The molecule has 1 aliphatic carbocycles. The fourth-order valence-corrected chi connectivity index (χ4v) is 4.00. The Morgan fingerprint density at radius 3 is 2.69 bits per heavy atom. The summed E-state index contributed by atoms with van der Waals surface area (Å²) in [5.74, 6) is 1.68. The quantitative estimate of drug-likeness (QED) is 0.388. The van der Waals surface area contributed by atoms with Gasteiger partial charge in [0.25, 0.3) is 0 Å². The average Bonchev–Trinajstić information content (AvgIpc) is 3.26. The van der Waals surface area contributed by atoms with E-state index in [1.54, 1.807) is 7.11 Å². The van der Waals surface area contributed by atoms with Crippen molar-refractivity contribution >= 4 is 5.96 Å². The molecule has 2 fully saturated rings. The molecule has 162 valence electrons. The summed E-state index contributed by atoms with van der Waals surface area (Å²) in [6, 6.07) is 4.07. The molecule has 2 heterocycles. The fraction of sp³-hybridized carbons (Fsp3) is 0.727. The molecule has 1 N–H and O–H groups in total. The maximum atomic E-state index is 6.02. The van der Waals surface area contributed by atoms with Crippen LogP contribution < -0.4 is 10.1 Å². The van der Waals surface area contributed by atoms with E-state index in [0.29, 0.717) is 18.8 Å². The minimum atomic E-state index is 0.330. The van der Waals surface area contributed by atoms with Crippen LogP contribution >= 0.6 is 0 Å². The minimum Gasteiger partial charge on any atom is -0.474 e. The number of aliphatic imine (C=N–C) groups is 1. The summed E-state index contributed by atoms with van der Waals surface area (Å²) in [4.78, 5) is 11.2. The summed E-state index contributed by atoms with van der Waals surface area (Å²) < 4.78 is 17.1. The lowest BCUT2D eigenvalue weighted by atomic mass is 10.1. The van der Waals surface area contributed by atoms with Crippen LogP contribution in [0.1, 0.15) is 50.5 Å². The number of nitrogens with one attached hydrogen (secondary N) is 1. The summed E-state index contributed by atoms with van der Waals surface area (Å²) in [6.07, 6.45) is 10.3. The molecular weight excluding hydrogens is 368 g/mol. The van der Waals surface area contributed by atoms with Gasteiger partial charge in [0.05, 0.1) is 6.10 Å². The van der Waals surface area contributed by atoms with Crippen LogP contribution in [0.2, 0.25) is 0 Å². The molecule has 2 aliphatic rings. The zero-order chi connectivity index (χ0) is 20.3. The molecule has 0 spiro atoms. The number of guanidine groups is 1. The first-order valence-electron chi connectivity index (χ1n) is 11.0. The minimum absolute atomic E-state index is 0.330. The second kappa shape index (κ2) is 12.0. The van der Waals surface area contributed by atoms with Crippen molar-refractivity contribution in [3.8, 4) is 5.88 Å². The number of piperidine rings is 1. The van der Waals surface area contributed by atoms with Crippen LogP contribution in [0.15, 0.2) is 23.3 Å². The highest BCUT2D eigenvalue weighted by Gasteiger charge is 2.22. The number of likely N-dealkylation sites (tertiary alicyclic amines) is 1. The molecule has 1 saturated heterocycles. The molecule has 1 saturated carbocycles. The van der Waals surface area contributed by atoms with E-state index in [2.05, 4.69) is 20.2 Å². The monoisotopic (exact) mass is 404 g/mol. The van der Waals surface area contributed by atoms with Crippen molar-refractivity contribution in [2.75, 3.05) is 40.5 Å². The van der Waals surface area contributed by atoms with Gasteiger partial charge in [-0.3, -0.25) is 4.99 Å². The number of nitrogens with zero attached hydrogens (tertiary/aromatic N) is 3. The van der Waals surface area contributed by atoms with Crippen molar-refractivity contribution < 1.29 is 14.2 Å². The van der Waals surface area contributed by atoms with Crippen LogP contribution in [0.5, 0.6) is 5.88 Å². The van der Waals surface area contributed by atoms with Gasteiger partial charge in [-0.2, -0.15) is 0 Å². The summed E-state index contributed by atoms with van der Waals surface area (Å²) in [6.45, 7) is 4.17. The van der Waals surface area contributed by atoms with Crippen LogP contribution in [0.25, 0.3) is 0 Å². The first kappa shape index (κ1) is 21.8. The summed E-state index contributed by atoms with van der Waals surface area (Å²) in [5, 5.41) is 3.49. The molecule has 0 amide bonds. The second-order valence-electron chi connectivity index (χ2n) is 7.83. The third-order valence-electron chi connectivity index (χ3n) is 5.64. The van der Waals surface area contributed by atoms with Crippen molar-refractivity contribution in [3.63, 3.8) is 0 Å². The van der Waals surface area contributed by atoms with Crippen LogP contribution in [0.3, 0.4) is 0 Å². The molecule has 7 nitrogen and oxygen atoms in total. The lowest BCUT2D eigenvalue weighted by Gasteiger charge is -2.34. The maximum Gasteiger partial charge on any atom is 0.213 e. The highest BCUT2D eigenvalue weighted by molar-refractivity contribution is 5.79. The van der Waals surface area contributed by atoms with Gasteiger partial charge < -0.3 is 24.4 Å².